The van der Waals surface area contributed by atoms with Gasteiger partial charge in [0.05, 0.1) is 18.6 Å². The number of rotatable bonds is 3. The molecule has 0 bridgehead atoms. The summed E-state index contributed by atoms with van der Waals surface area (Å²) >= 11 is 0. The van der Waals surface area contributed by atoms with E-state index in [0.29, 0.717) is 18.2 Å². The van der Waals surface area contributed by atoms with Crippen molar-refractivity contribution in [3.63, 3.8) is 0 Å². The normalized spacial score (nSPS) is 20.7. The molecule has 0 atom stereocenters. The van der Waals surface area contributed by atoms with Gasteiger partial charge in [-0.05, 0) is 38.5 Å². The van der Waals surface area contributed by atoms with E-state index < -0.39 is 0 Å². The minimum Gasteiger partial charge on any atom is -0.327 e. The van der Waals surface area contributed by atoms with Crippen molar-refractivity contribution in [2.45, 2.75) is 64.3 Å². The minimum absolute atomic E-state index is 0.320. The summed E-state index contributed by atoms with van der Waals surface area (Å²) in [4.78, 5) is 16.8. The molecular formula is C15H22N2O. The first kappa shape index (κ1) is 11.9. The Morgan fingerprint density at radius 2 is 1.94 bits per heavy atom. The van der Waals surface area contributed by atoms with Gasteiger partial charge < -0.3 is 4.57 Å². The second-order valence-electron chi connectivity index (χ2n) is 5.77. The molecule has 0 amide bonds. The van der Waals surface area contributed by atoms with E-state index in [9.17, 15) is 4.79 Å². The van der Waals surface area contributed by atoms with Gasteiger partial charge in [-0.15, -0.1) is 0 Å². The molecule has 1 fully saturated rings. The lowest BCUT2D eigenvalue weighted by Gasteiger charge is -2.21. The second-order valence-corrected chi connectivity index (χ2v) is 5.77. The van der Waals surface area contributed by atoms with E-state index in [0.717, 1.165) is 25.7 Å². The molecule has 3 heteroatoms. The standard InChI is InChI=1S/C15H22N2O/c18-15(12-6-2-1-3-7-12)10-17-11-16-13-8-4-5-9-14(13)17/h11-12H,1-10H2. The van der Waals surface area contributed by atoms with Crippen molar-refractivity contribution in [3.05, 3.63) is 17.7 Å². The number of nitrogens with zero attached hydrogens (tertiary/aromatic N) is 2. The van der Waals surface area contributed by atoms with Crippen molar-refractivity contribution in [2.75, 3.05) is 0 Å². The lowest BCUT2D eigenvalue weighted by atomic mass is 9.86. The van der Waals surface area contributed by atoms with Crippen molar-refractivity contribution < 1.29 is 4.79 Å². The number of hydrogen-bond acceptors (Lipinski definition) is 2. The summed E-state index contributed by atoms with van der Waals surface area (Å²) in [6.07, 6.45) is 12.6. The number of carbonyl (C=O) groups is 1. The SMILES string of the molecule is O=C(Cn1cnc2c1CCCC2)C1CCCCC1. The van der Waals surface area contributed by atoms with Gasteiger partial charge in [-0.1, -0.05) is 19.3 Å². The van der Waals surface area contributed by atoms with Crippen molar-refractivity contribution >= 4 is 5.78 Å². The van der Waals surface area contributed by atoms with E-state index in [2.05, 4.69) is 9.55 Å². The zero-order valence-electron chi connectivity index (χ0n) is 11.0. The Balaban J connectivity index is 1.68. The van der Waals surface area contributed by atoms with Gasteiger partial charge in [-0.25, -0.2) is 4.98 Å². The molecule has 3 nitrogen and oxygen atoms in total. The topological polar surface area (TPSA) is 34.9 Å². The summed E-state index contributed by atoms with van der Waals surface area (Å²) in [5.41, 5.74) is 2.56. The van der Waals surface area contributed by atoms with Gasteiger partial charge in [-0.2, -0.15) is 0 Å². The Kier molecular flexibility index (Phi) is 3.48. The Bertz CT molecular complexity index is 430. The lowest BCUT2D eigenvalue weighted by Crippen LogP contribution is -2.23. The summed E-state index contributed by atoms with van der Waals surface area (Å²) in [5.74, 6) is 0.751. The molecule has 1 aromatic heterocycles. The molecule has 0 spiro atoms. The highest BCUT2D eigenvalue weighted by atomic mass is 16.1. The number of ketones is 1. The fourth-order valence-electron chi connectivity index (χ4n) is 3.39. The van der Waals surface area contributed by atoms with Crippen LogP contribution in [0.5, 0.6) is 0 Å². The zero-order chi connectivity index (χ0) is 12.4. The van der Waals surface area contributed by atoms with Gasteiger partial charge in [0.2, 0.25) is 0 Å². The Hall–Kier alpha value is -1.12. The number of hydrogen-bond donors (Lipinski definition) is 0. The van der Waals surface area contributed by atoms with Gasteiger partial charge in [0.25, 0.3) is 0 Å². The molecule has 0 aliphatic heterocycles. The Morgan fingerprint density at radius 1 is 1.17 bits per heavy atom. The summed E-state index contributed by atoms with van der Waals surface area (Å²) in [6, 6.07) is 0. The molecule has 98 valence electrons. The molecule has 0 radical (unpaired) electrons. The third-order valence-corrected chi connectivity index (χ3v) is 4.50. The molecule has 0 saturated heterocycles. The monoisotopic (exact) mass is 246 g/mol. The van der Waals surface area contributed by atoms with Crippen LogP contribution in [0.25, 0.3) is 0 Å². The maximum Gasteiger partial charge on any atom is 0.155 e. The van der Waals surface area contributed by atoms with Crippen LogP contribution >= 0.6 is 0 Å². The Morgan fingerprint density at radius 3 is 2.78 bits per heavy atom. The molecule has 0 aromatic carbocycles. The van der Waals surface area contributed by atoms with Crippen LogP contribution in [0.2, 0.25) is 0 Å². The van der Waals surface area contributed by atoms with E-state index in [1.807, 2.05) is 6.33 Å². The zero-order valence-corrected chi connectivity index (χ0v) is 11.0. The average Bonchev–Trinajstić information content (AvgIpc) is 2.83. The fourth-order valence-corrected chi connectivity index (χ4v) is 3.39. The van der Waals surface area contributed by atoms with Crippen LogP contribution in [-0.4, -0.2) is 15.3 Å². The van der Waals surface area contributed by atoms with Crippen LogP contribution in [0.1, 0.15) is 56.3 Å². The number of aromatic nitrogens is 2. The molecular weight excluding hydrogens is 224 g/mol. The number of carbonyl (C=O) groups excluding carboxylic acids is 1. The van der Waals surface area contributed by atoms with Crippen molar-refractivity contribution in [1.29, 1.82) is 0 Å². The summed E-state index contributed by atoms with van der Waals surface area (Å²) in [7, 11) is 0. The molecule has 3 rings (SSSR count). The predicted molar refractivity (Wildman–Crippen MR) is 70.5 cm³/mol. The third kappa shape index (κ3) is 2.36. The van der Waals surface area contributed by atoms with Crippen molar-refractivity contribution in [1.82, 2.24) is 9.55 Å². The molecule has 0 N–H and O–H groups in total. The van der Waals surface area contributed by atoms with E-state index in [-0.39, 0.29) is 0 Å². The molecule has 2 aliphatic carbocycles. The van der Waals surface area contributed by atoms with Crippen LogP contribution in [0.4, 0.5) is 0 Å². The second kappa shape index (κ2) is 5.25. The van der Waals surface area contributed by atoms with Gasteiger partial charge >= 0.3 is 0 Å². The summed E-state index contributed by atoms with van der Waals surface area (Å²) in [5, 5.41) is 0. The number of imidazole rings is 1. The van der Waals surface area contributed by atoms with E-state index >= 15 is 0 Å². The molecule has 1 aromatic rings. The third-order valence-electron chi connectivity index (χ3n) is 4.50. The van der Waals surface area contributed by atoms with E-state index in [1.54, 1.807) is 0 Å². The molecule has 0 unspecified atom stereocenters. The average molecular weight is 246 g/mol. The highest BCUT2D eigenvalue weighted by Crippen LogP contribution is 2.26. The largest absolute Gasteiger partial charge is 0.327 e. The quantitative estimate of drug-likeness (QED) is 0.822. The smallest absolute Gasteiger partial charge is 0.155 e. The summed E-state index contributed by atoms with van der Waals surface area (Å²) in [6.45, 7) is 0.562. The highest BCUT2D eigenvalue weighted by molar-refractivity contribution is 5.81. The highest BCUT2D eigenvalue weighted by Gasteiger charge is 2.23. The number of fused-ring (bicyclic) bond motifs is 1. The van der Waals surface area contributed by atoms with E-state index in [4.69, 9.17) is 0 Å². The minimum atomic E-state index is 0.320. The number of Topliss-reactive ketones (excluding diaryl/α,β-unsaturated/α-hetero) is 1. The fraction of sp³-hybridized carbons (Fsp3) is 0.733. The molecule has 1 heterocycles. The van der Waals surface area contributed by atoms with Crippen LogP contribution < -0.4 is 0 Å². The maximum absolute atomic E-state index is 12.3. The predicted octanol–water partition coefficient (Wildman–Crippen LogP) is 2.91. The van der Waals surface area contributed by atoms with Crippen LogP contribution in [0.3, 0.4) is 0 Å². The maximum atomic E-state index is 12.3. The molecule has 2 aliphatic rings. The molecule has 18 heavy (non-hydrogen) atoms. The first-order valence-corrected chi connectivity index (χ1v) is 7.40. The van der Waals surface area contributed by atoms with Gasteiger partial charge in [-0.3, -0.25) is 4.79 Å². The number of aryl methyl sites for hydroxylation is 1. The summed E-state index contributed by atoms with van der Waals surface area (Å²) < 4.78 is 2.12. The Labute approximate surface area is 109 Å². The van der Waals surface area contributed by atoms with Crippen LogP contribution in [0.15, 0.2) is 6.33 Å². The van der Waals surface area contributed by atoms with Gasteiger partial charge in [0.15, 0.2) is 5.78 Å². The lowest BCUT2D eigenvalue weighted by molar-refractivity contribution is -0.124. The van der Waals surface area contributed by atoms with Crippen LogP contribution in [-0.2, 0) is 24.2 Å². The van der Waals surface area contributed by atoms with Crippen LogP contribution in [0, 0.1) is 5.92 Å². The first-order valence-electron chi connectivity index (χ1n) is 7.40. The van der Waals surface area contributed by atoms with Crippen molar-refractivity contribution in [3.8, 4) is 0 Å². The van der Waals surface area contributed by atoms with E-state index in [1.165, 1.54) is 43.5 Å². The van der Waals surface area contributed by atoms with Crippen molar-refractivity contribution in [2.24, 2.45) is 5.92 Å². The first-order chi connectivity index (χ1) is 8.84. The molecule has 1 saturated carbocycles. The van der Waals surface area contributed by atoms with Gasteiger partial charge in [0, 0.05) is 11.6 Å². The van der Waals surface area contributed by atoms with Gasteiger partial charge in [0.1, 0.15) is 0 Å².